The Morgan fingerprint density at radius 3 is 1.92 bits per heavy atom. The summed E-state index contributed by atoms with van der Waals surface area (Å²) in [6, 6.07) is 60.9. The topological polar surface area (TPSA) is 41.7 Å². The molecular weight excluding hydrogens is 615 g/mol. The van der Waals surface area contributed by atoms with Crippen LogP contribution in [-0.4, -0.2) is 4.98 Å². The number of para-hydroxylation sites is 5. The second kappa shape index (κ2) is 11.4. The first-order valence-electron chi connectivity index (χ1n) is 16.7. The molecule has 0 amide bonds. The zero-order valence-corrected chi connectivity index (χ0v) is 26.9. The van der Waals surface area contributed by atoms with Gasteiger partial charge in [-0.3, -0.25) is 0 Å². The highest BCUT2D eigenvalue weighted by molar-refractivity contribution is 6.18. The van der Waals surface area contributed by atoms with Crippen LogP contribution in [0.4, 0.5) is 34.1 Å². The highest BCUT2D eigenvalue weighted by atomic mass is 16.5. The maximum atomic E-state index is 6.48. The number of rotatable bonds is 5. The van der Waals surface area contributed by atoms with E-state index in [2.05, 4.69) is 125 Å². The van der Waals surface area contributed by atoms with Crippen molar-refractivity contribution in [3.05, 3.63) is 176 Å². The van der Waals surface area contributed by atoms with E-state index in [1.807, 2.05) is 60.7 Å². The molecule has 236 valence electrons. The molecule has 1 aliphatic heterocycles. The van der Waals surface area contributed by atoms with Gasteiger partial charge in [0.05, 0.1) is 11.4 Å². The fraction of sp³-hybridized carbons (Fsp3) is 0. The first-order chi connectivity index (χ1) is 24.8. The molecule has 2 heterocycles. The lowest BCUT2D eigenvalue weighted by Crippen LogP contribution is -2.16. The standard InChI is InChI=1S/C45H29N3O2/c1-3-12-31(13-4-1)45-46-38-27-24-30-22-23-32-28-36(25-26-37(32)43(30)44(38)50-45)47(33-14-5-2-6-15-33)34-16-11-17-35(29-34)48-39-18-7-9-20-41(39)49-42-21-10-8-19-40(42)48/h1-29H. The number of benzene rings is 8. The van der Waals surface area contributed by atoms with Gasteiger partial charge in [0.15, 0.2) is 17.1 Å². The van der Waals surface area contributed by atoms with Crippen LogP contribution in [0.25, 0.3) is 44.1 Å². The molecule has 0 atom stereocenters. The highest BCUT2D eigenvalue weighted by Gasteiger charge is 2.26. The van der Waals surface area contributed by atoms with Crippen molar-refractivity contribution in [1.82, 2.24) is 4.98 Å². The smallest absolute Gasteiger partial charge is 0.227 e. The van der Waals surface area contributed by atoms with Gasteiger partial charge < -0.3 is 19.0 Å². The van der Waals surface area contributed by atoms with E-state index in [-0.39, 0.29) is 0 Å². The van der Waals surface area contributed by atoms with Crippen molar-refractivity contribution >= 4 is 66.8 Å². The molecule has 1 aliphatic rings. The van der Waals surface area contributed by atoms with Gasteiger partial charge in [0.25, 0.3) is 0 Å². The zero-order chi connectivity index (χ0) is 33.0. The van der Waals surface area contributed by atoms with Crippen molar-refractivity contribution in [2.75, 3.05) is 9.80 Å². The van der Waals surface area contributed by atoms with Gasteiger partial charge in [0, 0.05) is 33.7 Å². The molecule has 9 aromatic rings. The van der Waals surface area contributed by atoms with Gasteiger partial charge in [0.1, 0.15) is 5.52 Å². The number of anilines is 6. The molecule has 5 heteroatoms. The van der Waals surface area contributed by atoms with Crippen molar-refractivity contribution in [1.29, 1.82) is 0 Å². The summed E-state index contributed by atoms with van der Waals surface area (Å²) in [7, 11) is 0. The summed E-state index contributed by atoms with van der Waals surface area (Å²) in [4.78, 5) is 9.44. The van der Waals surface area contributed by atoms with E-state index in [9.17, 15) is 0 Å². The molecular formula is C45H29N3O2. The van der Waals surface area contributed by atoms with Gasteiger partial charge in [-0.1, -0.05) is 91.0 Å². The molecule has 10 rings (SSSR count). The van der Waals surface area contributed by atoms with Crippen molar-refractivity contribution in [2.24, 2.45) is 0 Å². The van der Waals surface area contributed by atoms with Crippen LogP contribution in [0.2, 0.25) is 0 Å². The molecule has 0 fully saturated rings. The Morgan fingerprint density at radius 1 is 0.500 bits per heavy atom. The predicted octanol–water partition coefficient (Wildman–Crippen LogP) is 12.8. The molecule has 8 aromatic carbocycles. The van der Waals surface area contributed by atoms with E-state index in [0.29, 0.717) is 5.89 Å². The Bertz CT molecular complexity index is 2660. The first kappa shape index (κ1) is 28.2. The monoisotopic (exact) mass is 643 g/mol. The van der Waals surface area contributed by atoms with Gasteiger partial charge in [0.2, 0.25) is 5.89 Å². The third kappa shape index (κ3) is 4.60. The van der Waals surface area contributed by atoms with Crippen molar-refractivity contribution in [2.45, 2.75) is 0 Å². The van der Waals surface area contributed by atoms with E-state index in [1.165, 1.54) is 0 Å². The largest absolute Gasteiger partial charge is 0.453 e. The Kier molecular flexibility index (Phi) is 6.42. The van der Waals surface area contributed by atoms with Crippen LogP contribution in [0.3, 0.4) is 0 Å². The summed E-state index contributed by atoms with van der Waals surface area (Å²) in [6.07, 6.45) is 0. The van der Waals surface area contributed by atoms with Crippen LogP contribution >= 0.6 is 0 Å². The molecule has 0 aliphatic carbocycles. The minimum Gasteiger partial charge on any atom is -0.453 e. The number of fused-ring (bicyclic) bond motifs is 7. The zero-order valence-electron chi connectivity index (χ0n) is 26.9. The summed E-state index contributed by atoms with van der Waals surface area (Å²) < 4.78 is 12.8. The Hall–Kier alpha value is -6.85. The minimum absolute atomic E-state index is 0.627. The van der Waals surface area contributed by atoms with E-state index in [4.69, 9.17) is 14.1 Å². The quantitative estimate of drug-likeness (QED) is 0.175. The summed E-state index contributed by atoms with van der Waals surface area (Å²) in [5, 5.41) is 4.43. The first-order valence-corrected chi connectivity index (χ1v) is 16.7. The lowest BCUT2D eigenvalue weighted by atomic mass is 10.00. The van der Waals surface area contributed by atoms with Crippen LogP contribution in [0.5, 0.6) is 11.5 Å². The van der Waals surface area contributed by atoms with Gasteiger partial charge in [-0.15, -0.1) is 0 Å². The van der Waals surface area contributed by atoms with E-state index < -0.39 is 0 Å². The third-order valence-corrected chi connectivity index (χ3v) is 9.41. The molecule has 5 nitrogen and oxygen atoms in total. The lowest BCUT2D eigenvalue weighted by molar-refractivity contribution is 0.477. The maximum absolute atomic E-state index is 6.48. The van der Waals surface area contributed by atoms with Crippen LogP contribution in [0.15, 0.2) is 180 Å². The lowest BCUT2D eigenvalue weighted by Gasteiger charge is -2.33. The fourth-order valence-corrected chi connectivity index (χ4v) is 7.14. The molecule has 0 radical (unpaired) electrons. The summed E-state index contributed by atoms with van der Waals surface area (Å²) in [5.41, 5.74) is 8.82. The van der Waals surface area contributed by atoms with Gasteiger partial charge >= 0.3 is 0 Å². The molecule has 1 aromatic heterocycles. The second-order valence-corrected chi connectivity index (χ2v) is 12.4. The van der Waals surface area contributed by atoms with Crippen molar-refractivity contribution < 1.29 is 9.15 Å². The molecule has 0 bridgehead atoms. The normalized spacial score (nSPS) is 12.1. The number of ether oxygens (including phenoxy) is 1. The fourth-order valence-electron chi connectivity index (χ4n) is 7.14. The molecule has 0 unspecified atom stereocenters. The molecule has 0 spiro atoms. The van der Waals surface area contributed by atoms with Gasteiger partial charge in [-0.2, -0.15) is 0 Å². The minimum atomic E-state index is 0.627. The maximum Gasteiger partial charge on any atom is 0.227 e. The Balaban J connectivity index is 1.13. The molecule has 0 saturated carbocycles. The molecule has 0 saturated heterocycles. The van der Waals surface area contributed by atoms with Crippen molar-refractivity contribution in [3.63, 3.8) is 0 Å². The van der Waals surface area contributed by atoms with Crippen molar-refractivity contribution in [3.8, 4) is 23.0 Å². The number of nitrogens with zero attached hydrogens (tertiary/aromatic N) is 3. The predicted molar refractivity (Wildman–Crippen MR) is 204 cm³/mol. The Morgan fingerprint density at radius 2 is 1.14 bits per heavy atom. The van der Waals surface area contributed by atoms with Gasteiger partial charge in [-0.25, -0.2) is 4.98 Å². The number of aromatic nitrogens is 1. The summed E-state index contributed by atoms with van der Waals surface area (Å²) >= 11 is 0. The summed E-state index contributed by atoms with van der Waals surface area (Å²) in [6.45, 7) is 0. The van der Waals surface area contributed by atoms with Crippen LogP contribution in [-0.2, 0) is 0 Å². The third-order valence-electron chi connectivity index (χ3n) is 9.41. The van der Waals surface area contributed by atoms with E-state index in [1.54, 1.807) is 0 Å². The molecule has 0 N–H and O–H groups in total. The molecule has 50 heavy (non-hydrogen) atoms. The van der Waals surface area contributed by atoms with E-state index in [0.717, 1.165) is 83.8 Å². The van der Waals surface area contributed by atoms with E-state index >= 15 is 0 Å². The average Bonchev–Trinajstić information content (AvgIpc) is 3.63. The van der Waals surface area contributed by atoms with Crippen LogP contribution < -0.4 is 14.5 Å². The number of hydrogen-bond donors (Lipinski definition) is 0. The van der Waals surface area contributed by atoms with Gasteiger partial charge in [-0.05, 0) is 101 Å². The highest BCUT2D eigenvalue weighted by Crippen LogP contribution is 2.51. The Labute approximate surface area is 288 Å². The summed E-state index contributed by atoms with van der Waals surface area (Å²) in [5.74, 6) is 2.28. The van der Waals surface area contributed by atoms with Crippen LogP contribution in [0, 0.1) is 0 Å². The SMILES string of the molecule is c1ccc(-c2nc3ccc4ccc5cc(N(c6ccccc6)c6cccc(N7c8ccccc8Oc8ccccc87)c6)ccc5c4c3o2)cc1. The van der Waals surface area contributed by atoms with Crippen LogP contribution in [0.1, 0.15) is 0 Å². The number of oxazole rings is 1. The number of hydrogen-bond acceptors (Lipinski definition) is 5. The average molecular weight is 644 g/mol. The second-order valence-electron chi connectivity index (χ2n) is 12.4.